The molecule has 1 N–H and O–H groups in total. The maximum Gasteiger partial charge on any atom is 0.407 e. The van der Waals surface area contributed by atoms with E-state index in [4.69, 9.17) is 9.53 Å². The van der Waals surface area contributed by atoms with Crippen LogP contribution in [0, 0.1) is 0 Å². The predicted octanol–water partition coefficient (Wildman–Crippen LogP) is 2.99. The summed E-state index contributed by atoms with van der Waals surface area (Å²) in [5.41, 5.74) is 1.19. The highest BCUT2D eigenvalue weighted by molar-refractivity contribution is 5.67. The molecule has 0 saturated carbocycles. The van der Waals surface area contributed by atoms with Gasteiger partial charge in [-0.1, -0.05) is 38.0 Å². The van der Waals surface area contributed by atoms with Gasteiger partial charge < -0.3 is 14.8 Å². The second kappa shape index (κ2) is 11.9. The Kier molecular flexibility index (Phi) is 10.8. The summed E-state index contributed by atoms with van der Waals surface area (Å²) in [7, 11) is 0. The highest BCUT2D eigenvalue weighted by atomic mass is 16.5. The number of nitrogens with one attached hydrogen (secondary N) is 1. The topological polar surface area (TPSA) is 55.4 Å². The van der Waals surface area contributed by atoms with E-state index in [2.05, 4.69) is 18.3 Å². The van der Waals surface area contributed by atoms with Crippen molar-refractivity contribution >= 4 is 12.9 Å². The average molecular weight is 253 g/mol. The number of unbranched alkanes of at least 4 members (excludes halogenated alkanes) is 2. The van der Waals surface area contributed by atoms with Crippen molar-refractivity contribution in [2.24, 2.45) is 0 Å². The minimum absolute atomic E-state index is 0.299. The summed E-state index contributed by atoms with van der Waals surface area (Å²) in [6.45, 7) is 5.27. The smallest absolute Gasteiger partial charge is 0.407 e. The summed E-state index contributed by atoms with van der Waals surface area (Å²) in [6.07, 6.45) is 11.2. The Balaban J connectivity index is 0.00000137. The van der Waals surface area contributed by atoms with Gasteiger partial charge in [0, 0.05) is 6.54 Å². The van der Waals surface area contributed by atoms with Gasteiger partial charge in [-0.2, -0.15) is 0 Å². The van der Waals surface area contributed by atoms with E-state index in [1.165, 1.54) is 5.57 Å². The number of hydrogen-bond donors (Lipinski definition) is 1. The Morgan fingerprint density at radius 1 is 1.44 bits per heavy atom. The Labute approximate surface area is 109 Å². The van der Waals surface area contributed by atoms with Crippen LogP contribution in [0.15, 0.2) is 23.8 Å². The molecule has 0 unspecified atom stereocenters. The zero-order valence-electron chi connectivity index (χ0n) is 11.1. The minimum Gasteiger partial charge on any atom is -0.445 e. The molecule has 1 rings (SSSR count). The third-order valence-corrected chi connectivity index (χ3v) is 2.54. The Hall–Kier alpha value is -1.58. The molecule has 0 bridgehead atoms. The summed E-state index contributed by atoms with van der Waals surface area (Å²) in [4.78, 5) is 19.3. The lowest BCUT2D eigenvalue weighted by Crippen LogP contribution is -2.26. The van der Waals surface area contributed by atoms with Crippen LogP contribution in [0.25, 0.3) is 0 Å². The molecule has 0 atom stereocenters. The van der Waals surface area contributed by atoms with Crippen LogP contribution in [0.2, 0.25) is 0 Å². The van der Waals surface area contributed by atoms with Crippen LogP contribution >= 0.6 is 0 Å². The van der Waals surface area contributed by atoms with E-state index in [0.717, 1.165) is 32.1 Å². The number of amides is 1. The number of allylic oxidation sites excluding steroid dienone is 3. The molecule has 1 aliphatic rings. The first-order valence-electron chi connectivity index (χ1n) is 6.37. The summed E-state index contributed by atoms with van der Waals surface area (Å²) in [5.74, 6) is 0. The molecule has 1 amide bonds. The Morgan fingerprint density at radius 2 is 2.22 bits per heavy atom. The van der Waals surface area contributed by atoms with Crippen molar-refractivity contribution < 1.29 is 14.3 Å². The quantitative estimate of drug-likeness (QED) is 0.740. The molecule has 18 heavy (non-hydrogen) atoms. The fraction of sp³-hybridized carbons (Fsp3) is 0.571. The Bertz CT molecular complexity index is 285. The highest BCUT2D eigenvalue weighted by Gasteiger charge is 2.04. The van der Waals surface area contributed by atoms with Crippen molar-refractivity contribution in [3.8, 4) is 0 Å². The van der Waals surface area contributed by atoms with Gasteiger partial charge in [-0.25, -0.2) is 4.79 Å². The largest absolute Gasteiger partial charge is 0.445 e. The Morgan fingerprint density at radius 3 is 2.83 bits per heavy atom. The lowest BCUT2D eigenvalue weighted by atomic mass is 10.1. The summed E-state index contributed by atoms with van der Waals surface area (Å²) < 4.78 is 5.11. The van der Waals surface area contributed by atoms with E-state index in [-0.39, 0.29) is 6.09 Å². The molecule has 1 aliphatic carbocycles. The molecular weight excluding hydrogens is 230 g/mol. The second-order valence-electron chi connectivity index (χ2n) is 4.00. The predicted molar refractivity (Wildman–Crippen MR) is 72.5 cm³/mol. The first kappa shape index (κ1) is 16.4. The first-order valence-corrected chi connectivity index (χ1v) is 6.37. The fourth-order valence-electron chi connectivity index (χ4n) is 1.55. The number of alkyl carbamates (subject to hydrolysis) is 1. The molecule has 0 aromatic rings. The van der Waals surface area contributed by atoms with Gasteiger partial charge in [0.05, 0.1) is 0 Å². The number of rotatable bonds is 6. The van der Waals surface area contributed by atoms with Crippen LogP contribution in [0.3, 0.4) is 0 Å². The molecule has 102 valence electrons. The molecule has 4 heteroatoms. The second-order valence-corrected chi connectivity index (χ2v) is 4.00. The van der Waals surface area contributed by atoms with E-state index < -0.39 is 0 Å². The first-order chi connectivity index (χ1) is 8.83. The lowest BCUT2D eigenvalue weighted by Gasteiger charge is -2.10. The highest BCUT2D eigenvalue weighted by Crippen LogP contribution is 2.11. The maximum absolute atomic E-state index is 11.3. The number of hydrogen-bond acceptors (Lipinski definition) is 3. The third kappa shape index (κ3) is 8.56. The molecule has 0 aromatic carbocycles. The zero-order valence-corrected chi connectivity index (χ0v) is 11.1. The minimum atomic E-state index is -0.299. The molecule has 4 nitrogen and oxygen atoms in total. The SMILES string of the molecule is C=O.CCCCCNC(=O)OCC1=CC=CCC1. The molecule has 0 radical (unpaired) electrons. The standard InChI is InChI=1S/C13H21NO2.CH2O/c1-2-3-7-10-14-13(15)16-11-12-8-5-4-6-9-12;1-2/h4-5,8H,2-3,6-7,9-11H2,1H3,(H,14,15);1H2. The van der Waals surface area contributed by atoms with E-state index in [9.17, 15) is 4.79 Å². The molecular formula is C14H23NO3. The van der Waals surface area contributed by atoms with Crippen LogP contribution < -0.4 is 5.32 Å². The third-order valence-electron chi connectivity index (χ3n) is 2.54. The van der Waals surface area contributed by atoms with Crippen LogP contribution in [0.5, 0.6) is 0 Å². The fourth-order valence-corrected chi connectivity index (χ4v) is 1.55. The molecule has 0 aliphatic heterocycles. The van der Waals surface area contributed by atoms with Gasteiger partial charge in [0.1, 0.15) is 13.4 Å². The normalized spacial score (nSPS) is 13.1. The van der Waals surface area contributed by atoms with Crippen molar-refractivity contribution in [3.05, 3.63) is 23.8 Å². The van der Waals surface area contributed by atoms with Crippen LogP contribution in [-0.2, 0) is 9.53 Å². The molecule has 0 saturated heterocycles. The van der Waals surface area contributed by atoms with Crippen molar-refractivity contribution in [1.82, 2.24) is 5.32 Å². The van der Waals surface area contributed by atoms with Gasteiger partial charge in [0.25, 0.3) is 0 Å². The van der Waals surface area contributed by atoms with Crippen molar-refractivity contribution in [3.63, 3.8) is 0 Å². The monoisotopic (exact) mass is 253 g/mol. The maximum atomic E-state index is 11.3. The summed E-state index contributed by atoms with van der Waals surface area (Å²) in [6, 6.07) is 0. The molecule has 0 heterocycles. The molecule has 0 aromatic heterocycles. The zero-order chi connectivity index (χ0) is 13.6. The van der Waals surface area contributed by atoms with Gasteiger partial charge in [-0.05, 0) is 24.8 Å². The van der Waals surface area contributed by atoms with Gasteiger partial charge in [0.2, 0.25) is 0 Å². The van der Waals surface area contributed by atoms with E-state index >= 15 is 0 Å². The molecule has 0 spiro atoms. The van der Waals surface area contributed by atoms with Crippen molar-refractivity contribution in [1.29, 1.82) is 0 Å². The molecule has 0 fully saturated rings. The summed E-state index contributed by atoms with van der Waals surface area (Å²) in [5, 5.41) is 2.75. The lowest BCUT2D eigenvalue weighted by molar-refractivity contribution is -0.0979. The van der Waals surface area contributed by atoms with Gasteiger partial charge in [-0.15, -0.1) is 0 Å². The number of carbonyl (C=O) groups is 2. The van der Waals surface area contributed by atoms with Crippen molar-refractivity contribution in [2.75, 3.05) is 13.2 Å². The van der Waals surface area contributed by atoms with E-state index in [1.54, 1.807) is 0 Å². The van der Waals surface area contributed by atoms with Crippen LogP contribution in [-0.4, -0.2) is 26.0 Å². The van der Waals surface area contributed by atoms with E-state index in [0.29, 0.717) is 13.2 Å². The van der Waals surface area contributed by atoms with Gasteiger partial charge in [-0.3, -0.25) is 0 Å². The van der Waals surface area contributed by atoms with Crippen LogP contribution in [0.4, 0.5) is 4.79 Å². The van der Waals surface area contributed by atoms with Crippen LogP contribution in [0.1, 0.15) is 39.0 Å². The summed E-state index contributed by atoms with van der Waals surface area (Å²) >= 11 is 0. The van der Waals surface area contributed by atoms with Crippen molar-refractivity contribution in [2.45, 2.75) is 39.0 Å². The number of carbonyl (C=O) groups excluding carboxylic acids is 2. The van der Waals surface area contributed by atoms with Gasteiger partial charge in [0.15, 0.2) is 0 Å². The van der Waals surface area contributed by atoms with Gasteiger partial charge >= 0.3 is 6.09 Å². The van der Waals surface area contributed by atoms with E-state index in [1.807, 2.05) is 18.9 Å². The number of ether oxygens (including phenoxy) is 1. The average Bonchev–Trinajstić information content (AvgIpc) is 2.45.